The van der Waals surface area contributed by atoms with Gasteiger partial charge in [0.2, 0.25) is 5.91 Å². The molecule has 2 aliphatic rings. The van der Waals surface area contributed by atoms with E-state index >= 15 is 0 Å². The Morgan fingerprint density at radius 2 is 2.06 bits per heavy atom. The van der Waals surface area contributed by atoms with Crippen molar-refractivity contribution in [2.75, 3.05) is 6.61 Å². The Labute approximate surface area is 183 Å². The van der Waals surface area contributed by atoms with Crippen molar-refractivity contribution in [3.8, 4) is 0 Å². The van der Waals surface area contributed by atoms with Gasteiger partial charge < -0.3 is 25.8 Å². The minimum atomic E-state index is -0.869. The molecule has 0 aliphatic carbocycles. The summed E-state index contributed by atoms with van der Waals surface area (Å²) in [7, 11) is 0. The van der Waals surface area contributed by atoms with Crippen LogP contribution in [0.5, 0.6) is 0 Å². The summed E-state index contributed by atoms with van der Waals surface area (Å²) in [5, 5.41) is 0. The molecule has 3 atom stereocenters. The number of primary amides is 1. The maximum Gasteiger partial charge on any atom is 0.306 e. The minimum Gasteiger partial charge on any atom is -0.460 e. The molecule has 1 aromatic carbocycles. The highest BCUT2D eigenvalue weighted by Gasteiger charge is 2.36. The molecule has 170 valence electrons. The van der Waals surface area contributed by atoms with Crippen molar-refractivity contribution in [1.82, 2.24) is 4.90 Å². The standard InChI is InChI=1S/C23H33N3O5/c1-23(2,3)31-20(27)9-8-18(21(25)28)26-13-15-11-14(6-7-16(15)22(26)29)12-19-17(24)5-4-10-30-19/h6-7,11,17-19H,4-5,8-10,12-13,24H2,1-3H3,(H2,25,28)/t17-,18-,19+/m0/s1. The van der Waals surface area contributed by atoms with Crippen LogP contribution in [-0.2, 0) is 32.0 Å². The van der Waals surface area contributed by atoms with E-state index in [1.54, 1.807) is 26.8 Å². The molecule has 1 fully saturated rings. The third kappa shape index (κ3) is 5.83. The minimum absolute atomic E-state index is 0.00670. The lowest BCUT2D eigenvalue weighted by molar-refractivity contribution is -0.155. The smallest absolute Gasteiger partial charge is 0.306 e. The summed E-state index contributed by atoms with van der Waals surface area (Å²) in [6.45, 7) is 6.33. The molecule has 0 radical (unpaired) electrons. The predicted molar refractivity (Wildman–Crippen MR) is 115 cm³/mol. The lowest BCUT2D eigenvalue weighted by Gasteiger charge is -2.29. The number of carbonyl (C=O) groups excluding carboxylic acids is 3. The summed E-state index contributed by atoms with van der Waals surface area (Å²) in [4.78, 5) is 38.5. The number of carbonyl (C=O) groups is 3. The van der Waals surface area contributed by atoms with Crippen LogP contribution in [0.2, 0.25) is 0 Å². The Bertz CT molecular complexity index is 848. The van der Waals surface area contributed by atoms with Crippen LogP contribution in [0.3, 0.4) is 0 Å². The Morgan fingerprint density at radius 1 is 1.32 bits per heavy atom. The van der Waals surface area contributed by atoms with E-state index in [0.717, 1.165) is 24.0 Å². The summed E-state index contributed by atoms with van der Waals surface area (Å²) in [5.74, 6) is -1.30. The highest BCUT2D eigenvalue weighted by Crippen LogP contribution is 2.28. The first-order chi connectivity index (χ1) is 14.5. The summed E-state index contributed by atoms with van der Waals surface area (Å²) in [6, 6.07) is 4.81. The zero-order valence-corrected chi connectivity index (χ0v) is 18.6. The molecule has 2 amide bonds. The van der Waals surface area contributed by atoms with E-state index in [4.69, 9.17) is 20.9 Å². The van der Waals surface area contributed by atoms with Gasteiger partial charge in [-0.3, -0.25) is 14.4 Å². The molecule has 4 N–H and O–H groups in total. The van der Waals surface area contributed by atoms with Crippen molar-refractivity contribution < 1.29 is 23.9 Å². The summed E-state index contributed by atoms with van der Waals surface area (Å²) < 4.78 is 11.1. The fourth-order valence-corrected chi connectivity index (χ4v) is 4.18. The Morgan fingerprint density at radius 3 is 2.71 bits per heavy atom. The van der Waals surface area contributed by atoms with Crippen LogP contribution in [-0.4, -0.2) is 53.1 Å². The topological polar surface area (TPSA) is 125 Å². The van der Waals surface area contributed by atoms with Crippen molar-refractivity contribution >= 4 is 17.8 Å². The van der Waals surface area contributed by atoms with Crippen molar-refractivity contribution in [2.45, 2.75) is 83.2 Å². The highest BCUT2D eigenvalue weighted by molar-refractivity contribution is 6.01. The van der Waals surface area contributed by atoms with Crippen LogP contribution in [0.25, 0.3) is 0 Å². The molecule has 8 heteroatoms. The Kier molecular flexibility index (Phi) is 7.01. The van der Waals surface area contributed by atoms with Crippen molar-refractivity contribution in [3.05, 3.63) is 34.9 Å². The van der Waals surface area contributed by atoms with Gasteiger partial charge in [-0.1, -0.05) is 12.1 Å². The number of nitrogens with zero attached hydrogens (tertiary/aromatic N) is 1. The average Bonchev–Trinajstić information content (AvgIpc) is 2.98. The van der Waals surface area contributed by atoms with E-state index in [1.807, 2.05) is 12.1 Å². The molecule has 0 spiro atoms. The van der Waals surface area contributed by atoms with Gasteiger partial charge in [-0.05, 0) is 57.2 Å². The van der Waals surface area contributed by atoms with Gasteiger partial charge in [0.1, 0.15) is 11.6 Å². The first-order valence-electron chi connectivity index (χ1n) is 10.9. The third-order valence-electron chi connectivity index (χ3n) is 5.68. The lowest BCUT2D eigenvalue weighted by atomic mass is 9.95. The van der Waals surface area contributed by atoms with Crippen LogP contribution in [0, 0.1) is 0 Å². The molecule has 0 unspecified atom stereocenters. The number of rotatable bonds is 7. The lowest BCUT2D eigenvalue weighted by Crippen LogP contribution is -2.45. The van der Waals surface area contributed by atoms with E-state index < -0.39 is 23.5 Å². The normalized spacial score (nSPS) is 22.2. The molecule has 3 rings (SSSR count). The molecule has 0 saturated carbocycles. The number of benzene rings is 1. The van der Waals surface area contributed by atoms with E-state index in [0.29, 0.717) is 18.6 Å². The van der Waals surface area contributed by atoms with Gasteiger partial charge in [0, 0.05) is 37.6 Å². The van der Waals surface area contributed by atoms with Crippen molar-refractivity contribution in [3.63, 3.8) is 0 Å². The van der Waals surface area contributed by atoms with Gasteiger partial charge in [0.05, 0.1) is 6.10 Å². The molecular formula is C23H33N3O5. The fraction of sp³-hybridized carbons (Fsp3) is 0.609. The van der Waals surface area contributed by atoms with Crippen LogP contribution in [0.15, 0.2) is 18.2 Å². The third-order valence-corrected chi connectivity index (χ3v) is 5.68. The number of hydrogen-bond acceptors (Lipinski definition) is 6. The van der Waals surface area contributed by atoms with Gasteiger partial charge in [-0.15, -0.1) is 0 Å². The van der Waals surface area contributed by atoms with E-state index in [1.165, 1.54) is 4.90 Å². The first-order valence-corrected chi connectivity index (χ1v) is 10.9. The van der Waals surface area contributed by atoms with Crippen molar-refractivity contribution in [1.29, 1.82) is 0 Å². The highest BCUT2D eigenvalue weighted by atomic mass is 16.6. The number of esters is 1. The molecule has 1 aromatic rings. The van der Waals surface area contributed by atoms with Crippen LogP contribution in [0.1, 0.15) is 67.9 Å². The fourth-order valence-electron chi connectivity index (χ4n) is 4.18. The number of amides is 2. The zero-order chi connectivity index (χ0) is 22.8. The van der Waals surface area contributed by atoms with Crippen LogP contribution in [0.4, 0.5) is 0 Å². The van der Waals surface area contributed by atoms with E-state index in [2.05, 4.69) is 0 Å². The maximum absolute atomic E-state index is 12.9. The molecule has 0 aromatic heterocycles. The monoisotopic (exact) mass is 431 g/mol. The summed E-state index contributed by atoms with van der Waals surface area (Å²) in [5.41, 5.74) is 13.6. The van der Waals surface area contributed by atoms with Gasteiger partial charge >= 0.3 is 5.97 Å². The molecule has 0 bridgehead atoms. The molecule has 2 heterocycles. The molecule has 2 aliphatic heterocycles. The Hall–Kier alpha value is -2.45. The number of nitrogens with two attached hydrogens (primary N) is 2. The van der Waals surface area contributed by atoms with Crippen molar-refractivity contribution in [2.24, 2.45) is 11.5 Å². The first kappa shape index (κ1) is 23.2. The van der Waals surface area contributed by atoms with E-state index in [9.17, 15) is 14.4 Å². The quantitative estimate of drug-likeness (QED) is 0.633. The molecule has 8 nitrogen and oxygen atoms in total. The second kappa shape index (κ2) is 9.36. The van der Waals surface area contributed by atoms with Gasteiger partial charge in [0.15, 0.2) is 0 Å². The Balaban J connectivity index is 1.67. The predicted octanol–water partition coefficient (Wildman–Crippen LogP) is 1.67. The summed E-state index contributed by atoms with van der Waals surface area (Å²) >= 11 is 0. The second-order valence-corrected chi connectivity index (χ2v) is 9.39. The molecule has 1 saturated heterocycles. The number of hydrogen-bond donors (Lipinski definition) is 2. The van der Waals surface area contributed by atoms with Crippen LogP contribution < -0.4 is 11.5 Å². The van der Waals surface area contributed by atoms with Crippen LogP contribution >= 0.6 is 0 Å². The molecule has 31 heavy (non-hydrogen) atoms. The maximum atomic E-state index is 12.9. The SMILES string of the molecule is CC(C)(C)OC(=O)CC[C@@H](C(N)=O)N1Cc2cc(C[C@H]3OCCC[C@@H]3N)ccc2C1=O. The zero-order valence-electron chi connectivity index (χ0n) is 18.6. The van der Waals surface area contributed by atoms with Gasteiger partial charge in [-0.2, -0.15) is 0 Å². The van der Waals surface area contributed by atoms with Gasteiger partial charge in [0.25, 0.3) is 5.91 Å². The number of ether oxygens (including phenoxy) is 2. The molecular weight excluding hydrogens is 398 g/mol. The second-order valence-electron chi connectivity index (χ2n) is 9.39. The average molecular weight is 432 g/mol. The summed E-state index contributed by atoms with van der Waals surface area (Å²) in [6.07, 6.45) is 2.70. The largest absolute Gasteiger partial charge is 0.460 e. The van der Waals surface area contributed by atoms with Gasteiger partial charge in [-0.25, -0.2) is 0 Å². The van der Waals surface area contributed by atoms with E-state index in [-0.39, 0.29) is 37.4 Å². The number of fused-ring (bicyclic) bond motifs is 1.